The number of ketones is 1. The molecule has 0 aliphatic carbocycles. The van der Waals surface area contributed by atoms with E-state index in [2.05, 4.69) is 10.3 Å². The number of carbonyl (C=O) groups is 3. The fraction of sp³-hybridized carbons (Fsp3) is 0.500. The molecule has 1 unspecified atom stereocenters. The first-order valence-electron chi connectivity index (χ1n) is 6.81. The number of hydrogen-bond acceptors (Lipinski definition) is 4. The molecule has 1 rings (SSSR count). The van der Waals surface area contributed by atoms with Crippen molar-refractivity contribution in [3.8, 4) is 0 Å². The molecule has 1 atom stereocenters. The van der Waals surface area contributed by atoms with Crippen LogP contribution in [0, 0.1) is 0 Å². The third-order valence-corrected chi connectivity index (χ3v) is 2.66. The van der Waals surface area contributed by atoms with E-state index in [-0.39, 0.29) is 12.1 Å². The minimum absolute atomic E-state index is 0.0473. The number of carboxylic acids is 1. The maximum atomic E-state index is 12.3. The number of ether oxygens (including phenoxy) is 1. The Labute approximate surface area is 135 Å². The van der Waals surface area contributed by atoms with E-state index in [4.69, 9.17) is 9.84 Å². The summed E-state index contributed by atoms with van der Waals surface area (Å²) in [4.78, 5) is 36.0. The van der Waals surface area contributed by atoms with E-state index in [0.717, 1.165) is 12.1 Å². The van der Waals surface area contributed by atoms with Crippen LogP contribution in [-0.4, -0.2) is 45.8 Å². The van der Waals surface area contributed by atoms with Crippen LogP contribution < -0.4 is 5.32 Å². The standard InChI is InChI=1S/C14H17F3N2O5/c1-13(2,3)24-12(23)19-9(11(21)22)6-7-4-5-8(18-7)10(20)14(15,16)17/h4-5,9,18H,6H2,1-3H3,(H,19,23)(H,21,22). The molecular formula is C14H17F3N2O5. The number of nitrogens with one attached hydrogen (secondary N) is 2. The average Bonchev–Trinajstić information content (AvgIpc) is 2.81. The summed E-state index contributed by atoms with van der Waals surface area (Å²) in [7, 11) is 0. The summed E-state index contributed by atoms with van der Waals surface area (Å²) in [6.45, 7) is 4.76. The summed E-state index contributed by atoms with van der Waals surface area (Å²) < 4.78 is 41.9. The Bertz CT molecular complexity index is 631. The molecule has 0 saturated carbocycles. The first-order valence-corrected chi connectivity index (χ1v) is 6.81. The Balaban J connectivity index is 2.80. The van der Waals surface area contributed by atoms with E-state index >= 15 is 0 Å². The van der Waals surface area contributed by atoms with Gasteiger partial charge < -0.3 is 20.1 Å². The van der Waals surface area contributed by atoms with Crippen LogP contribution in [0.15, 0.2) is 12.1 Å². The lowest BCUT2D eigenvalue weighted by molar-refractivity contribution is -0.139. The predicted molar refractivity (Wildman–Crippen MR) is 75.7 cm³/mol. The Morgan fingerprint density at radius 1 is 1.25 bits per heavy atom. The number of Topliss-reactive ketones (excluding diaryl/α,β-unsaturated/α-hetero) is 1. The Kier molecular flexibility index (Phi) is 5.64. The van der Waals surface area contributed by atoms with E-state index in [9.17, 15) is 27.6 Å². The molecule has 24 heavy (non-hydrogen) atoms. The van der Waals surface area contributed by atoms with Crippen molar-refractivity contribution in [2.75, 3.05) is 0 Å². The molecule has 1 aromatic rings. The molecule has 0 radical (unpaired) electrons. The molecule has 0 spiro atoms. The fourth-order valence-corrected chi connectivity index (χ4v) is 1.71. The van der Waals surface area contributed by atoms with Gasteiger partial charge in [-0.1, -0.05) is 0 Å². The first-order chi connectivity index (χ1) is 10.8. The smallest absolute Gasteiger partial charge is 0.456 e. The van der Waals surface area contributed by atoms with Crippen LogP contribution in [-0.2, 0) is 16.0 Å². The molecule has 0 saturated heterocycles. The number of H-pyrrole nitrogens is 1. The lowest BCUT2D eigenvalue weighted by Crippen LogP contribution is -2.44. The van der Waals surface area contributed by atoms with Gasteiger partial charge in [0.05, 0.1) is 5.69 Å². The van der Waals surface area contributed by atoms with Gasteiger partial charge >= 0.3 is 18.2 Å². The van der Waals surface area contributed by atoms with E-state index in [0.29, 0.717) is 0 Å². The fourth-order valence-electron chi connectivity index (χ4n) is 1.71. The second-order valence-electron chi connectivity index (χ2n) is 5.97. The van der Waals surface area contributed by atoms with Crippen LogP contribution in [0.5, 0.6) is 0 Å². The van der Waals surface area contributed by atoms with Crippen LogP contribution >= 0.6 is 0 Å². The summed E-state index contributed by atoms with van der Waals surface area (Å²) in [5.74, 6) is -3.47. The number of alkyl carbamates (subject to hydrolysis) is 1. The highest BCUT2D eigenvalue weighted by Gasteiger charge is 2.40. The van der Waals surface area contributed by atoms with Crippen molar-refractivity contribution in [1.82, 2.24) is 10.3 Å². The number of aliphatic carboxylic acids is 1. The molecule has 134 valence electrons. The third-order valence-electron chi connectivity index (χ3n) is 2.66. The van der Waals surface area contributed by atoms with Crippen molar-refractivity contribution in [2.24, 2.45) is 0 Å². The number of alkyl halides is 3. The van der Waals surface area contributed by atoms with Gasteiger partial charge in [-0.15, -0.1) is 0 Å². The third kappa shape index (κ3) is 5.94. The first kappa shape index (κ1) is 19.5. The molecule has 0 aliphatic rings. The summed E-state index contributed by atoms with van der Waals surface area (Å²) >= 11 is 0. The lowest BCUT2D eigenvalue weighted by Gasteiger charge is -2.21. The highest BCUT2D eigenvalue weighted by molar-refractivity contribution is 5.98. The van der Waals surface area contributed by atoms with Gasteiger partial charge in [0, 0.05) is 12.1 Å². The molecule has 0 aromatic carbocycles. The van der Waals surface area contributed by atoms with E-state index in [1.54, 1.807) is 20.8 Å². The zero-order chi connectivity index (χ0) is 18.7. The average molecular weight is 350 g/mol. The van der Waals surface area contributed by atoms with Gasteiger partial charge in [-0.05, 0) is 32.9 Å². The highest BCUT2D eigenvalue weighted by Crippen LogP contribution is 2.21. The second-order valence-corrected chi connectivity index (χ2v) is 5.97. The number of aromatic amines is 1. The lowest BCUT2D eigenvalue weighted by atomic mass is 10.1. The molecule has 0 aliphatic heterocycles. The summed E-state index contributed by atoms with van der Waals surface area (Å²) in [6, 6.07) is 0.607. The summed E-state index contributed by atoms with van der Waals surface area (Å²) in [5.41, 5.74) is -1.50. The molecule has 0 fully saturated rings. The number of hydrogen-bond donors (Lipinski definition) is 3. The largest absolute Gasteiger partial charge is 0.480 e. The van der Waals surface area contributed by atoms with E-state index in [1.807, 2.05) is 0 Å². The van der Waals surface area contributed by atoms with Crippen LogP contribution in [0.25, 0.3) is 0 Å². The Hall–Kier alpha value is -2.52. The van der Waals surface area contributed by atoms with E-state index < -0.39 is 41.4 Å². The zero-order valence-electron chi connectivity index (χ0n) is 13.2. The Morgan fingerprint density at radius 2 is 1.83 bits per heavy atom. The van der Waals surface area contributed by atoms with Crippen molar-refractivity contribution in [1.29, 1.82) is 0 Å². The molecule has 1 aromatic heterocycles. The predicted octanol–water partition coefficient (Wildman–Crippen LogP) is 2.28. The number of aromatic nitrogens is 1. The number of carboxylic acid groups (broad SMARTS) is 1. The van der Waals surface area contributed by atoms with Gasteiger partial charge in [0.2, 0.25) is 0 Å². The zero-order valence-corrected chi connectivity index (χ0v) is 13.2. The van der Waals surface area contributed by atoms with Crippen molar-refractivity contribution >= 4 is 17.8 Å². The minimum atomic E-state index is -5.04. The topological polar surface area (TPSA) is 108 Å². The van der Waals surface area contributed by atoms with E-state index in [1.165, 1.54) is 0 Å². The Morgan fingerprint density at radius 3 is 2.29 bits per heavy atom. The molecule has 1 amide bonds. The molecular weight excluding hydrogens is 333 g/mol. The quantitative estimate of drug-likeness (QED) is 0.706. The van der Waals surface area contributed by atoms with Gasteiger partial charge in [0.1, 0.15) is 11.6 Å². The van der Waals surface area contributed by atoms with Crippen LogP contribution in [0.3, 0.4) is 0 Å². The normalized spacial score (nSPS) is 13.2. The van der Waals surface area contributed by atoms with Crippen LogP contribution in [0.2, 0.25) is 0 Å². The number of amides is 1. The second kappa shape index (κ2) is 6.93. The monoisotopic (exact) mass is 350 g/mol. The van der Waals surface area contributed by atoms with Gasteiger partial charge in [0.25, 0.3) is 5.78 Å². The van der Waals surface area contributed by atoms with Crippen molar-refractivity contribution < 1.29 is 37.4 Å². The summed E-state index contributed by atoms with van der Waals surface area (Å²) in [5, 5.41) is 11.2. The van der Waals surface area contributed by atoms with Crippen LogP contribution in [0.4, 0.5) is 18.0 Å². The maximum absolute atomic E-state index is 12.3. The molecule has 10 heteroatoms. The van der Waals surface area contributed by atoms with Crippen molar-refractivity contribution in [3.05, 3.63) is 23.5 Å². The van der Waals surface area contributed by atoms with Crippen molar-refractivity contribution in [3.63, 3.8) is 0 Å². The SMILES string of the molecule is CC(C)(C)OC(=O)NC(Cc1ccc(C(=O)C(F)(F)F)[nH]1)C(=O)O. The van der Waals surface area contributed by atoms with Gasteiger partial charge in [-0.25, -0.2) is 9.59 Å². The van der Waals surface area contributed by atoms with Crippen molar-refractivity contribution in [2.45, 2.75) is 45.0 Å². The highest BCUT2D eigenvalue weighted by atomic mass is 19.4. The molecule has 7 nitrogen and oxygen atoms in total. The summed E-state index contributed by atoms with van der Waals surface area (Å²) in [6.07, 6.45) is -6.36. The number of rotatable bonds is 5. The minimum Gasteiger partial charge on any atom is -0.480 e. The molecule has 0 bridgehead atoms. The maximum Gasteiger partial charge on any atom is 0.456 e. The number of halogens is 3. The van der Waals surface area contributed by atoms with Gasteiger partial charge in [-0.3, -0.25) is 4.79 Å². The molecule has 1 heterocycles. The van der Waals surface area contributed by atoms with Crippen LogP contribution in [0.1, 0.15) is 37.0 Å². The number of carbonyl (C=O) groups excluding carboxylic acids is 2. The molecule has 3 N–H and O–H groups in total. The van der Waals surface area contributed by atoms with Gasteiger partial charge in [-0.2, -0.15) is 13.2 Å². The van der Waals surface area contributed by atoms with Gasteiger partial charge in [0.15, 0.2) is 0 Å².